The van der Waals surface area contributed by atoms with Gasteiger partial charge in [0.15, 0.2) is 6.61 Å². The van der Waals surface area contributed by atoms with E-state index in [0.717, 1.165) is 38.8 Å². The largest absolute Gasteiger partial charge is 0.483 e. The number of nitrogens with zero attached hydrogens (tertiary/aromatic N) is 1. The fourth-order valence-electron chi connectivity index (χ4n) is 6.13. The van der Waals surface area contributed by atoms with E-state index in [4.69, 9.17) is 9.47 Å². The fourth-order valence-corrected chi connectivity index (χ4v) is 9.01. The minimum Gasteiger partial charge on any atom is -0.483 e. The van der Waals surface area contributed by atoms with E-state index >= 15 is 0 Å². The van der Waals surface area contributed by atoms with Crippen LogP contribution in [0.25, 0.3) is 10.8 Å². The molecule has 0 spiro atoms. The molecule has 1 aromatic heterocycles. The van der Waals surface area contributed by atoms with Gasteiger partial charge in [0.1, 0.15) is 11.0 Å². The van der Waals surface area contributed by atoms with Crippen LogP contribution in [0.5, 0.6) is 5.75 Å². The van der Waals surface area contributed by atoms with Crippen LogP contribution in [0.3, 0.4) is 0 Å². The predicted octanol–water partition coefficient (Wildman–Crippen LogP) is 6.34. The molecule has 10 nitrogen and oxygen atoms in total. The minimum absolute atomic E-state index is 0.216. The number of hydrogen-bond acceptors (Lipinski definition) is 9. The molecule has 3 heterocycles. The normalized spacial score (nSPS) is 18.4. The fraction of sp³-hybridized carbons (Fsp3) is 0.171. The van der Waals surface area contributed by atoms with Crippen molar-refractivity contribution in [2.75, 3.05) is 23.4 Å². The van der Waals surface area contributed by atoms with Crippen LogP contribution in [0.4, 0.5) is 11.4 Å². The van der Waals surface area contributed by atoms with Gasteiger partial charge in [-0.3, -0.25) is 19.2 Å². The Hall–Kier alpha value is -4.72. The van der Waals surface area contributed by atoms with Crippen molar-refractivity contribution in [3.63, 3.8) is 0 Å². The molecule has 242 valence electrons. The Morgan fingerprint density at radius 2 is 1.73 bits per heavy atom. The first kappa shape index (κ1) is 31.9. The molecular formula is C35H26BrN3O7S2. The molecule has 2 aliphatic heterocycles. The summed E-state index contributed by atoms with van der Waals surface area (Å²) in [7, 11) is 0. The van der Waals surface area contributed by atoms with E-state index in [1.165, 1.54) is 12.1 Å². The van der Waals surface area contributed by atoms with E-state index in [-0.39, 0.29) is 24.0 Å². The molecule has 2 aliphatic rings. The molecule has 3 unspecified atom stereocenters. The summed E-state index contributed by atoms with van der Waals surface area (Å²) < 4.78 is 11.9. The van der Waals surface area contributed by atoms with Crippen molar-refractivity contribution < 1.29 is 28.7 Å². The van der Waals surface area contributed by atoms with Crippen LogP contribution in [0, 0.1) is 5.92 Å². The second kappa shape index (κ2) is 13.1. The number of aromatic amines is 1. The lowest BCUT2D eigenvalue weighted by Crippen LogP contribution is -2.32. The number of halogens is 1. The second-order valence-electron chi connectivity index (χ2n) is 11.1. The summed E-state index contributed by atoms with van der Waals surface area (Å²) in [6.45, 7) is 1.60. The molecule has 2 N–H and O–H groups in total. The molecule has 0 radical (unpaired) electrons. The lowest BCUT2D eigenvalue weighted by Gasteiger charge is -2.31. The molecule has 4 aromatic carbocycles. The predicted molar refractivity (Wildman–Crippen MR) is 187 cm³/mol. The highest BCUT2D eigenvalue weighted by Crippen LogP contribution is 2.54. The number of amides is 3. The van der Waals surface area contributed by atoms with Gasteiger partial charge in [0.25, 0.3) is 5.91 Å². The van der Waals surface area contributed by atoms with Crippen LogP contribution >= 0.6 is 39.0 Å². The summed E-state index contributed by atoms with van der Waals surface area (Å²) in [4.78, 5) is 70.4. The van der Waals surface area contributed by atoms with Gasteiger partial charge in [-0.1, -0.05) is 75.4 Å². The van der Waals surface area contributed by atoms with E-state index in [1.54, 1.807) is 37.3 Å². The minimum atomic E-state index is -0.882. The molecule has 3 atom stereocenters. The number of rotatable bonds is 8. The van der Waals surface area contributed by atoms with Gasteiger partial charge in [0.2, 0.25) is 11.8 Å². The molecule has 3 amide bonds. The first-order valence-electron chi connectivity index (χ1n) is 15.0. The number of fused-ring (bicyclic) bond motifs is 3. The van der Waals surface area contributed by atoms with Crippen molar-refractivity contribution in [1.29, 1.82) is 0 Å². The van der Waals surface area contributed by atoms with Crippen LogP contribution in [-0.4, -0.2) is 47.1 Å². The average molecular weight is 745 g/mol. The van der Waals surface area contributed by atoms with Gasteiger partial charge in [0, 0.05) is 31.9 Å². The zero-order valence-corrected chi connectivity index (χ0v) is 28.4. The number of ether oxygens (including phenoxy) is 2. The highest BCUT2D eigenvalue weighted by atomic mass is 79.9. The highest BCUT2D eigenvalue weighted by molar-refractivity contribution is 9.10. The number of esters is 1. The first-order valence-corrected chi connectivity index (χ1v) is 17.5. The zero-order valence-electron chi connectivity index (χ0n) is 25.2. The van der Waals surface area contributed by atoms with Crippen LogP contribution in [0.2, 0.25) is 0 Å². The number of aromatic nitrogens is 1. The number of H-pyrrole nitrogens is 1. The van der Waals surface area contributed by atoms with Crippen molar-refractivity contribution in [3.8, 4) is 5.75 Å². The van der Waals surface area contributed by atoms with Crippen molar-refractivity contribution in [3.05, 3.63) is 115 Å². The third-order valence-corrected chi connectivity index (χ3v) is 11.1. The third-order valence-electron chi connectivity index (χ3n) is 8.19. The zero-order chi connectivity index (χ0) is 33.5. The smallest absolute Gasteiger partial charge is 0.338 e. The molecule has 7 rings (SSSR count). The number of anilines is 2. The van der Waals surface area contributed by atoms with Crippen LogP contribution in [0.15, 0.2) is 99.2 Å². The van der Waals surface area contributed by atoms with Gasteiger partial charge in [0.05, 0.1) is 28.8 Å². The Labute approximate surface area is 290 Å². The lowest BCUT2D eigenvalue weighted by molar-refractivity contribution is -0.122. The maximum absolute atomic E-state index is 14.2. The second-order valence-corrected chi connectivity index (χ2v) is 14.2. The number of carbonyl (C=O) groups is 4. The van der Waals surface area contributed by atoms with Crippen LogP contribution in [0.1, 0.15) is 33.6 Å². The monoisotopic (exact) mass is 743 g/mol. The standard InChI is InChI=1S/C35H26BrN3O7S2/c1-2-45-34(43)19-10-13-21(14-11-19)39-32(41)28-27(29-31(38-35(44)48-29)47-30(28)33(39)42)23-16-20(36)12-15-25(23)46-17-26(40)37-24-9-5-7-18-6-3-4-8-22(18)24/h3-16,27-28,30H,2,17H2,1H3,(H,37,40)(H,38,44). The Morgan fingerprint density at radius 3 is 2.52 bits per heavy atom. The molecular weight excluding hydrogens is 718 g/mol. The summed E-state index contributed by atoms with van der Waals surface area (Å²) in [5.41, 5.74) is 1.82. The van der Waals surface area contributed by atoms with Gasteiger partial charge < -0.3 is 19.8 Å². The van der Waals surface area contributed by atoms with Gasteiger partial charge in [-0.05, 0) is 60.8 Å². The van der Waals surface area contributed by atoms with E-state index in [1.807, 2.05) is 42.5 Å². The number of thiazole rings is 1. The molecule has 13 heteroatoms. The van der Waals surface area contributed by atoms with Gasteiger partial charge in [-0.2, -0.15) is 0 Å². The average Bonchev–Trinajstić information content (AvgIpc) is 3.58. The number of nitrogens with one attached hydrogen (secondary N) is 2. The van der Waals surface area contributed by atoms with E-state index in [2.05, 4.69) is 26.2 Å². The summed E-state index contributed by atoms with van der Waals surface area (Å²) in [5.74, 6) is -3.05. The number of carbonyl (C=O) groups excluding carboxylic acids is 4. The molecule has 1 saturated heterocycles. The van der Waals surface area contributed by atoms with Crippen molar-refractivity contribution in [1.82, 2.24) is 4.98 Å². The third kappa shape index (κ3) is 5.82. The SMILES string of the molecule is CCOC(=O)c1ccc(N2C(=O)C3Sc4[nH]c(=O)sc4C(c4cc(Br)ccc4OCC(=O)Nc4cccc5ccccc45)C3C2=O)cc1. The Kier molecular flexibility index (Phi) is 8.67. The molecule has 0 bridgehead atoms. The topological polar surface area (TPSA) is 135 Å². The first-order chi connectivity index (χ1) is 23.2. The number of hydrogen-bond donors (Lipinski definition) is 2. The van der Waals surface area contributed by atoms with Crippen LogP contribution < -0.4 is 19.8 Å². The number of imide groups is 1. The number of benzene rings is 4. The van der Waals surface area contributed by atoms with Crippen LogP contribution in [-0.2, 0) is 19.1 Å². The van der Waals surface area contributed by atoms with Gasteiger partial charge in [-0.15, -0.1) is 0 Å². The van der Waals surface area contributed by atoms with Crippen molar-refractivity contribution in [2.24, 2.45) is 5.92 Å². The van der Waals surface area contributed by atoms with E-state index in [0.29, 0.717) is 42.6 Å². The number of thioether (sulfide) groups is 1. The van der Waals surface area contributed by atoms with Gasteiger partial charge in [-0.25, -0.2) is 9.69 Å². The maximum atomic E-state index is 14.2. The lowest BCUT2D eigenvalue weighted by atomic mass is 9.82. The molecule has 1 fully saturated rings. The highest BCUT2D eigenvalue weighted by Gasteiger charge is 2.57. The maximum Gasteiger partial charge on any atom is 0.338 e. The quantitative estimate of drug-likeness (QED) is 0.139. The molecule has 48 heavy (non-hydrogen) atoms. The molecule has 0 saturated carbocycles. The molecule has 5 aromatic rings. The Bertz CT molecular complexity index is 2160. The summed E-state index contributed by atoms with van der Waals surface area (Å²) in [5, 5.41) is 4.47. The molecule has 0 aliphatic carbocycles. The Morgan fingerprint density at radius 1 is 0.958 bits per heavy atom. The Balaban J connectivity index is 1.20. The van der Waals surface area contributed by atoms with Gasteiger partial charge >= 0.3 is 10.8 Å². The van der Waals surface area contributed by atoms with E-state index < -0.39 is 34.9 Å². The van der Waals surface area contributed by atoms with Crippen molar-refractivity contribution >= 4 is 84.9 Å². The summed E-state index contributed by atoms with van der Waals surface area (Å²) in [6, 6.07) is 24.7. The van der Waals surface area contributed by atoms with Crippen molar-refractivity contribution in [2.45, 2.75) is 23.1 Å². The summed E-state index contributed by atoms with van der Waals surface area (Å²) in [6.07, 6.45) is 0. The van der Waals surface area contributed by atoms with E-state index in [9.17, 15) is 24.0 Å². The summed E-state index contributed by atoms with van der Waals surface area (Å²) >= 11 is 5.66.